The summed E-state index contributed by atoms with van der Waals surface area (Å²) in [4.78, 5) is 12.9. The van der Waals surface area contributed by atoms with Gasteiger partial charge in [-0.2, -0.15) is 0 Å². The lowest BCUT2D eigenvalue weighted by Gasteiger charge is -2.69. The fourth-order valence-electron chi connectivity index (χ4n) is 10.7. The summed E-state index contributed by atoms with van der Waals surface area (Å²) in [5.41, 5.74) is 2.79. The highest BCUT2D eigenvalue weighted by molar-refractivity contribution is 5.85. The average molecular weight is 441 g/mol. The zero-order valence-electron chi connectivity index (χ0n) is 21.9. The van der Waals surface area contributed by atoms with Crippen LogP contribution in [0.25, 0.3) is 0 Å². The molecule has 0 heterocycles. The molecule has 0 amide bonds. The molecule has 0 unspecified atom stereocenters. The van der Waals surface area contributed by atoms with E-state index in [0.29, 0.717) is 35.6 Å². The van der Waals surface area contributed by atoms with Crippen LogP contribution in [-0.4, -0.2) is 17.5 Å². The summed E-state index contributed by atoms with van der Waals surface area (Å²) in [6, 6.07) is 0. The third-order valence-corrected chi connectivity index (χ3v) is 12.6. The second-order valence-electron chi connectivity index (χ2n) is 14.9. The third-order valence-electron chi connectivity index (χ3n) is 12.6. The summed E-state index contributed by atoms with van der Waals surface area (Å²) in [5.74, 6) is 2.29. The number of ketones is 1. The molecule has 5 aliphatic rings. The van der Waals surface area contributed by atoms with Gasteiger partial charge in [0.05, 0.1) is 0 Å². The summed E-state index contributed by atoms with van der Waals surface area (Å²) in [5, 5.41) is 10.7. The van der Waals surface area contributed by atoms with Crippen LogP contribution in [0.1, 0.15) is 113 Å². The van der Waals surface area contributed by atoms with Gasteiger partial charge in [0.15, 0.2) is 0 Å². The number of carbonyl (C=O) groups excluding carboxylic acids is 1. The molecule has 0 aromatic rings. The van der Waals surface area contributed by atoms with Gasteiger partial charge in [0.1, 0.15) is 5.78 Å². The fraction of sp³-hybridized carbons (Fsp3) is 0.900. The Morgan fingerprint density at radius 3 is 2.12 bits per heavy atom. The zero-order valence-corrected chi connectivity index (χ0v) is 21.9. The minimum Gasteiger partial charge on any atom is -0.396 e. The first-order chi connectivity index (χ1) is 14.8. The van der Waals surface area contributed by atoms with Crippen molar-refractivity contribution in [1.29, 1.82) is 0 Å². The van der Waals surface area contributed by atoms with Crippen LogP contribution in [0.5, 0.6) is 0 Å². The van der Waals surface area contributed by atoms with Crippen molar-refractivity contribution in [3.05, 3.63) is 11.6 Å². The van der Waals surface area contributed by atoms with E-state index in [2.05, 4.69) is 54.5 Å². The maximum absolute atomic E-state index is 12.9. The number of allylic oxidation sites excluding steroid dienone is 2. The predicted octanol–water partition coefficient (Wildman–Crippen LogP) is 7.35. The van der Waals surface area contributed by atoms with Gasteiger partial charge < -0.3 is 5.11 Å². The van der Waals surface area contributed by atoms with Crippen molar-refractivity contribution in [3.63, 3.8) is 0 Å². The number of hydrogen-bond donors (Lipinski definition) is 1. The van der Waals surface area contributed by atoms with Crippen molar-refractivity contribution >= 4 is 5.78 Å². The highest BCUT2D eigenvalue weighted by atomic mass is 16.3. The Hall–Kier alpha value is -0.630. The summed E-state index contributed by atoms with van der Waals surface area (Å²) < 4.78 is 0. The molecule has 0 bridgehead atoms. The molecule has 0 spiro atoms. The standard InChI is InChI=1S/C30H48O2/c1-25(2)16-17-30(19-31)15-10-22-28(6)12-8-20-26(3,4)24(32)11-14-27(20,5)21(28)9-13-29(22,7)23(30)18-25/h10,20-21,23,31H,8-9,11-19H2,1-7H3/t20-,21+,23+,27-,28+,29+,30-/m0/s1. The van der Waals surface area contributed by atoms with Gasteiger partial charge in [-0.15, -0.1) is 0 Å². The molecule has 4 fully saturated rings. The van der Waals surface area contributed by atoms with E-state index in [1.807, 2.05) is 0 Å². The van der Waals surface area contributed by atoms with Crippen molar-refractivity contribution in [2.75, 3.05) is 6.61 Å². The van der Waals surface area contributed by atoms with E-state index in [4.69, 9.17) is 0 Å². The molecule has 180 valence electrons. The average Bonchev–Trinajstić information content (AvgIpc) is 2.71. The van der Waals surface area contributed by atoms with Gasteiger partial charge in [0, 0.05) is 23.9 Å². The molecule has 0 radical (unpaired) electrons. The van der Waals surface area contributed by atoms with Gasteiger partial charge in [0.25, 0.3) is 0 Å². The highest BCUT2D eigenvalue weighted by Gasteiger charge is 2.67. The minimum atomic E-state index is -0.171. The van der Waals surface area contributed by atoms with E-state index >= 15 is 0 Å². The van der Waals surface area contributed by atoms with Crippen molar-refractivity contribution in [1.82, 2.24) is 0 Å². The van der Waals surface area contributed by atoms with Gasteiger partial charge in [-0.3, -0.25) is 4.79 Å². The van der Waals surface area contributed by atoms with Crippen LogP contribution in [-0.2, 0) is 4.79 Å². The molecule has 0 aliphatic heterocycles. The van der Waals surface area contributed by atoms with E-state index in [0.717, 1.165) is 19.3 Å². The SMILES string of the molecule is CC1(C)CC[C@]2(CO)CC=C3[C@]4(C)CC[C@H]5C(C)(C)C(=O)CC[C@]5(C)[C@H]4CC[C@@]3(C)[C@H]2C1. The number of aliphatic hydroxyl groups is 1. The van der Waals surface area contributed by atoms with Crippen LogP contribution >= 0.6 is 0 Å². The molecule has 32 heavy (non-hydrogen) atoms. The van der Waals surface area contributed by atoms with Gasteiger partial charge in [-0.05, 0) is 97.2 Å². The summed E-state index contributed by atoms with van der Waals surface area (Å²) in [6.07, 6.45) is 14.2. The molecular weight excluding hydrogens is 392 g/mol. The third kappa shape index (κ3) is 2.77. The number of fused-ring (bicyclic) bond motifs is 7. The summed E-state index contributed by atoms with van der Waals surface area (Å²) in [6.45, 7) is 17.5. The van der Waals surface area contributed by atoms with Crippen molar-refractivity contribution in [2.45, 2.75) is 113 Å². The van der Waals surface area contributed by atoms with E-state index in [1.165, 1.54) is 44.9 Å². The Balaban J connectivity index is 1.57. The molecule has 5 rings (SSSR count). The van der Waals surface area contributed by atoms with Crippen LogP contribution in [0.3, 0.4) is 0 Å². The Morgan fingerprint density at radius 1 is 0.844 bits per heavy atom. The molecule has 1 N–H and O–H groups in total. The maximum atomic E-state index is 12.9. The Labute approximate surface area is 197 Å². The first-order valence-electron chi connectivity index (χ1n) is 13.6. The van der Waals surface area contributed by atoms with Crippen LogP contribution < -0.4 is 0 Å². The first-order valence-corrected chi connectivity index (χ1v) is 13.6. The number of rotatable bonds is 1. The van der Waals surface area contributed by atoms with Gasteiger partial charge in [-0.25, -0.2) is 0 Å². The summed E-state index contributed by atoms with van der Waals surface area (Å²) in [7, 11) is 0. The molecule has 4 saturated carbocycles. The van der Waals surface area contributed by atoms with Crippen molar-refractivity contribution in [2.24, 2.45) is 50.2 Å². The van der Waals surface area contributed by atoms with E-state index < -0.39 is 0 Å². The highest BCUT2D eigenvalue weighted by Crippen LogP contribution is 2.74. The molecule has 0 aromatic carbocycles. The van der Waals surface area contributed by atoms with E-state index in [9.17, 15) is 9.90 Å². The quantitative estimate of drug-likeness (QED) is 0.433. The van der Waals surface area contributed by atoms with Crippen LogP contribution in [0, 0.1) is 50.2 Å². The van der Waals surface area contributed by atoms with Crippen molar-refractivity contribution < 1.29 is 9.90 Å². The van der Waals surface area contributed by atoms with Gasteiger partial charge in [-0.1, -0.05) is 60.1 Å². The predicted molar refractivity (Wildman–Crippen MR) is 131 cm³/mol. The Morgan fingerprint density at radius 2 is 1.47 bits per heavy atom. The lowest BCUT2D eigenvalue weighted by molar-refractivity contribution is -0.171. The second kappa shape index (κ2) is 6.73. The number of hydrogen-bond acceptors (Lipinski definition) is 2. The number of carbonyl (C=O) groups is 1. The lowest BCUT2D eigenvalue weighted by atomic mass is 9.35. The van der Waals surface area contributed by atoms with Crippen molar-refractivity contribution in [3.8, 4) is 0 Å². The smallest absolute Gasteiger partial charge is 0.138 e. The Bertz CT molecular complexity index is 851. The van der Waals surface area contributed by atoms with Crippen LogP contribution in [0.4, 0.5) is 0 Å². The maximum Gasteiger partial charge on any atom is 0.138 e. The Kier molecular flexibility index (Phi) is 4.87. The number of aliphatic hydroxyl groups excluding tert-OH is 1. The second-order valence-corrected chi connectivity index (χ2v) is 14.9. The molecule has 2 nitrogen and oxygen atoms in total. The zero-order chi connectivity index (χ0) is 23.4. The van der Waals surface area contributed by atoms with E-state index in [-0.39, 0.29) is 27.1 Å². The van der Waals surface area contributed by atoms with Gasteiger partial charge >= 0.3 is 0 Å². The van der Waals surface area contributed by atoms with Crippen LogP contribution in [0.15, 0.2) is 11.6 Å². The minimum absolute atomic E-state index is 0.0946. The molecule has 0 saturated heterocycles. The monoisotopic (exact) mass is 440 g/mol. The fourth-order valence-corrected chi connectivity index (χ4v) is 10.7. The lowest BCUT2D eigenvalue weighted by Crippen LogP contribution is -2.63. The normalized spacial score (nSPS) is 51.6. The van der Waals surface area contributed by atoms with Gasteiger partial charge in [0.2, 0.25) is 0 Å². The van der Waals surface area contributed by atoms with E-state index in [1.54, 1.807) is 5.57 Å². The van der Waals surface area contributed by atoms with Crippen LogP contribution in [0.2, 0.25) is 0 Å². The first kappa shape index (κ1) is 23.1. The topological polar surface area (TPSA) is 37.3 Å². The molecule has 2 heteroatoms. The molecule has 5 aliphatic carbocycles. The largest absolute Gasteiger partial charge is 0.396 e. The molecule has 7 atom stereocenters. The molecule has 0 aromatic heterocycles. The molecular formula is C30H48O2. The summed E-state index contributed by atoms with van der Waals surface area (Å²) >= 11 is 0. The number of Topliss-reactive ketones (excluding diaryl/α,β-unsaturated/α-hetero) is 1.